The normalized spacial score (nSPS) is 17.2. The topological polar surface area (TPSA) is 49.3 Å². The lowest BCUT2D eigenvalue weighted by atomic mass is 9.89. The summed E-state index contributed by atoms with van der Waals surface area (Å²) in [5.41, 5.74) is 1.28. The summed E-state index contributed by atoms with van der Waals surface area (Å²) >= 11 is 0. The van der Waals surface area contributed by atoms with Crippen molar-refractivity contribution in [3.05, 3.63) is 42.2 Å². The van der Waals surface area contributed by atoms with E-state index in [0.717, 1.165) is 25.3 Å². The average Bonchev–Trinajstić information content (AvgIpc) is 3.00. The van der Waals surface area contributed by atoms with Crippen LogP contribution in [0.1, 0.15) is 38.2 Å². The van der Waals surface area contributed by atoms with Crippen molar-refractivity contribution < 1.29 is 0 Å². The molecule has 21 heavy (non-hydrogen) atoms. The summed E-state index contributed by atoms with van der Waals surface area (Å²) in [5.74, 6) is 1.87. The smallest absolute Gasteiger partial charge is 0.191 e. The van der Waals surface area contributed by atoms with E-state index in [9.17, 15) is 0 Å². The third-order valence-corrected chi connectivity index (χ3v) is 3.98. The van der Waals surface area contributed by atoms with Gasteiger partial charge in [-0.15, -0.1) is 0 Å². The lowest BCUT2D eigenvalue weighted by Gasteiger charge is -2.24. The molecule has 0 radical (unpaired) electrons. The maximum atomic E-state index is 4.33. The standard InChI is InChI=1S/C17H26N4/c1-13(2)16(14-7-6-10-19-11-14)12-20-17(18-3)21-15-8-4-5-9-15/h4-7,10-11,13,15-16H,8-9,12H2,1-3H3,(H2,18,20,21). The van der Waals surface area contributed by atoms with Gasteiger partial charge in [0.25, 0.3) is 0 Å². The second-order valence-corrected chi connectivity index (χ2v) is 5.87. The molecule has 0 aromatic carbocycles. The molecular weight excluding hydrogens is 260 g/mol. The predicted molar refractivity (Wildman–Crippen MR) is 88.5 cm³/mol. The van der Waals surface area contributed by atoms with Crippen molar-refractivity contribution in [1.29, 1.82) is 0 Å². The van der Waals surface area contributed by atoms with E-state index in [4.69, 9.17) is 0 Å². The summed E-state index contributed by atoms with van der Waals surface area (Å²) in [7, 11) is 1.83. The highest BCUT2D eigenvalue weighted by Crippen LogP contribution is 2.22. The van der Waals surface area contributed by atoms with Gasteiger partial charge in [0.1, 0.15) is 0 Å². The van der Waals surface area contributed by atoms with Crippen LogP contribution in [0.5, 0.6) is 0 Å². The van der Waals surface area contributed by atoms with Crippen molar-refractivity contribution in [2.75, 3.05) is 13.6 Å². The molecule has 1 aliphatic carbocycles. The van der Waals surface area contributed by atoms with E-state index in [0.29, 0.717) is 17.9 Å². The molecule has 2 rings (SSSR count). The van der Waals surface area contributed by atoms with Gasteiger partial charge in [-0.25, -0.2) is 0 Å². The molecule has 0 fully saturated rings. The Bertz CT molecular complexity index is 471. The summed E-state index contributed by atoms with van der Waals surface area (Å²) in [6, 6.07) is 4.63. The molecule has 1 aromatic rings. The fourth-order valence-corrected chi connectivity index (χ4v) is 2.66. The lowest BCUT2D eigenvalue weighted by molar-refractivity contribution is 0.484. The van der Waals surface area contributed by atoms with Gasteiger partial charge in [-0.3, -0.25) is 9.98 Å². The molecule has 4 heteroatoms. The van der Waals surface area contributed by atoms with Crippen LogP contribution in [-0.4, -0.2) is 30.6 Å². The Morgan fingerprint density at radius 3 is 2.71 bits per heavy atom. The first kappa shape index (κ1) is 15.5. The van der Waals surface area contributed by atoms with Crippen LogP contribution < -0.4 is 10.6 Å². The van der Waals surface area contributed by atoms with Crippen LogP contribution in [0.3, 0.4) is 0 Å². The van der Waals surface area contributed by atoms with E-state index in [1.807, 2.05) is 25.5 Å². The first-order valence-corrected chi connectivity index (χ1v) is 7.72. The van der Waals surface area contributed by atoms with E-state index in [-0.39, 0.29) is 0 Å². The average molecular weight is 286 g/mol. The van der Waals surface area contributed by atoms with Crippen molar-refractivity contribution in [3.8, 4) is 0 Å². The summed E-state index contributed by atoms with van der Waals surface area (Å²) < 4.78 is 0. The second kappa shape index (κ2) is 7.81. The molecule has 0 aliphatic heterocycles. The van der Waals surface area contributed by atoms with Crippen molar-refractivity contribution in [2.24, 2.45) is 10.9 Å². The molecule has 1 heterocycles. The van der Waals surface area contributed by atoms with Crippen LogP contribution >= 0.6 is 0 Å². The van der Waals surface area contributed by atoms with E-state index in [1.165, 1.54) is 5.56 Å². The van der Waals surface area contributed by atoms with Crippen LogP contribution in [0.15, 0.2) is 41.7 Å². The molecule has 0 bridgehead atoms. The molecule has 0 saturated carbocycles. The van der Waals surface area contributed by atoms with Gasteiger partial charge in [0.2, 0.25) is 0 Å². The van der Waals surface area contributed by atoms with Crippen LogP contribution in [-0.2, 0) is 0 Å². The zero-order valence-electron chi connectivity index (χ0n) is 13.2. The van der Waals surface area contributed by atoms with Crippen molar-refractivity contribution in [1.82, 2.24) is 15.6 Å². The maximum Gasteiger partial charge on any atom is 0.191 e. The molecule has 1 aliphatic rings. The highest BCUT2D eigenvalue weighted by Gasteiger charge is 2.17. The van der Waals surface area contributed by atoms with E-state index in [1.54, 1.807) is 0 Å². The minimum absolute atomic E-state index is 0.430. The molecule has 1 unspecified atom stereocenters. The fraction of sp³-hybridized carbons (Fsp3) is 0.529. The summed E-state index contributed by atoms with van der Waals surface area (Å²) in [6.45, 7) is 5.36. The van der Waals surface area contributed by atoms with Crippen LogP contribution in [0, 0.1) is 5.92 Å². The summed E-state index contributed by atoms with van der Waals surface area (Å²) in [4.78, 5) is 8.56. The molecule has 1 aromatic heterocycles. The number of rotatable bonds is 5. The van der Waals surface area contributed by atoms with Crippen LogP contribution in [0.2, 0.25) is 0 Å². The third kappa shape index (κ3) is 4.59. The summed E-state index contributed by atoms with van der Waals surface area (Å²) in [5, 5.41) is 6.93. The van der Waals surface area contributed by atoms with Gasteiger partial charge in [0.05, 0.1) is 0 Å². The van der Waals surface area contributed by atoms with Crippen molar-refractivity contribution in [2.45, 2.75) is 38.6 Å². The molecule has 0 amide bonds. The third-order valence-electron chi connectivity index (χ3n) is 3.98. The Labute approximate surface area is 127 Å². The molecule has 4 nitrogen and oxygen atoms in total. The van der Waals surface area contributed by atoms with Gasteiger partial charge >= 0.3 is 0 Å². The number of nitrogens with zero attached hydrogens (tertiary/aromatic N) is 2. The Morgan fingerprint density at radius 2 is 2.14 bits per heavy atom. The number of pyridine rings is 1. The van der Waals surface area contributed by atoms with Crippen LogP contribution in [0.4, 0.5) is 0 Å². The summed E-state index contributed by atoms with van der Waals surface area (Å²) in [6.07, 6.45) is 10.4. The molecule has 114 valence electrons. The van der Waals surface area contributed by atoms with Gasteiger partial charge in [-0.1, -0.05) is 32.1 Å². The van der Waals surface area contributed by atoms with Gasteiger partial charge in [0.15, 0.2) is 5.96 Å². The zero-order chi connectivity index (χ0) is 15.1. The molecule has 2 N–H and O–H groups in total. The minimum atomic E-state index is 0.430. The largest absolute Gasteiger partial charge is 0.356 e. The molecule has 0 spiro atoms. The number of aliphatic imine (C=N–C) groups is 1. The molecular formula is C17H26N4. The maximum absolute atomic E-state index is 4.33. The van der Waals surface area contributed by atoms with Crippen molar-refractivity contribution in [3.63, 3.8) is 0 Å². The van der Waals surface area contributed by atoms with Crippen molar-refractivity contribution >= 4 is 5.96 Å². The number of guanidine groups is 1. The fourth-order valence-electron chi connectivity index (χ4n) is 2.66. The lowest BCUT2D eigenvalue weighted by Crippen LogP contribution is -2.44. The number of hydrogen-bond donors (Lipinski definition) is 2. The second-order valence-electron chi connectivity index (χ2n) is 5.87. The van der Waals surface area contributed by atoms with Crippen LogP contribution in [0.25, 0.3) is 0 Å². The zero-order valence-corrected chi connectivity index (χ0v) is 13.2. The Balaban J connectivity index is 1.91. The minimum Gasteiger partial charge on any atom is -0.356 e. The van der Waals surface area contributed by atoms with Gasteiger partial charge in [0, 0.05) is 37.9 Å². The Hall–Kier alpha value is -1.84. The van der Waals surface area contributed by atoms with E-state index >= 15 is 0 Å². The van der Waals surface area contributed by atoms with Gasteiger partial charge in [-0.05, 0) is 30.4 Å². The van der Waals surface area contributed by atoms with E-state index < -0.39 is 0 Å². The highest BCUT2D eigenvalue weighted by atomic mass is 15.2. The number of hydrogen-bond acceptors (Lipinski definition) is 2. The first-order valence-electron chi connectivity index (χ1n) is 7.72. The molecule has 1 atom stereocenters. The monoisotopic (exact) mass is 286 g/mol. The van der Waals surface area contributed by atoms with Gasteiger partial charge in [-0.2, -0.15) is 0 Å². The Kier molecular flexibility index (Phi) is 5.78. The predicted octanol–water partition coefficient (Wildman–Crippen LogP) is 2.70. The number of nitrogens with one attached hydrogen (secondary N) is 2. The number of aromatic nitrogens is 1. The molecule has 0 saturated heterocycles. The highest BCUT2D eigenvalue weighted by molar-refractivity contribution is 5.80. The first-order chi connectivity index (χ1) is 10.2. The quantitative estimate of drug-likeness (QED) is 0.497. The van der Waals surface area contributed by atoms with E-state index in [2.05, 4.69) is 52.7 Å². The van der Waals surface area contributed by atoms with Gasteiger partial charge < -0.3 is 10.6 Å². The Morgan fingerprint density at radius 1 is 1.38 bits per heavy atom. The SMILES string of the molecule is CN=C(NCC(c1cccnc1)C(C)C)NC1CC=CC1.